The third-order valence-electron chi connectivity index (χ3n) is 3.06. The first-order chi connectivity index (χ1) is 9.38. The van der Waals surface area contributed by atoms with Crippen LogP contribution in [-0.4, -0.2) is 29.1 Å². The van der Waals surface area contributed by atoms with E-state index in [1.54, 1.807) is 6.92 Å². The maximum absolute atomic E-state index is 13.7. The number of aromatic carboxylic acids is 1. The molecule has 1 aromatic carbocycles. The van der Waals surface area contributed by atoms with Gasteiger partial charge in [0.1, 0.15) is 11.9 Å². The lowest BCUT2D eigenvalue weighted by molar-refractivity contribution is -0.121. The van der Waals surface area contributed by atoms with Crippen molar-refractivity contribution >= 4 is 23.3 Å². The molecule has 6 nitrogen and oxygen atoms in total. The Morgan fingerprint density at radius 2 is 2.10 bits per heavy atom. The van der Waals surface area contributed by atoms with E-state index in [9.17, 15) is 14.0 Å². The highest BCUT2D eigenvalue weighted by Crippen LogP contribution is 2.23. The van der Waals surface area contributed by atoms with Gasteiger partial charge in [0, 0.05) is 11.7 Å². The van der Waals surface area contributed by atoms with E-state index in [0.29, 0.717) is 0 Å². The van der Waals surface area contributed by atoms with Crippen LogP contribution >= 0.6 is 0 Å². The van der Waals surface area contributed by atoms with Crippen molar-refractivity contribution in [2.75, 3.05) is 11.1 Å². The minimum atomic E-state index is -1.25. The molecule has 1 aromatic rings. The van der Waals surface area contributed by atoms with Crippen LogP contribution in [0.2, 0.25) is 0 Å². The molecule has 1 atom stereocenters. The van der Waals surface area contributed by atoms with Crippen molar-refractivity contribution in [1.29, 1.82) is 0 Å². The van der Waals surface area contributed by atoms with Crippen molar-refractivity contribution in [3.05, 3.63) is 23.5 Å². The van der Waals surface area contributed by atoms with E-state index in [-0.39, 0.29) is 28.9 Å². The number of rotatable bonds is 5. The summed E-state index contributed by atoms with van der Waals surface area (Å²) >= 11 is 0. The summed E-state index contributed by atoms with van der Waals surface area (Å²) in [6.45, 7) is 1.58. The molecule has 1 fully saturated rings. The van der Waals surface area contributed by atoms with Gasteiger partial charge in [0.2, 0.25) is 5.91 Å². The molecule has 0 saturated heterocycles. The van der Waals surface area contributed by atoms with Gasteiger partial charge in [-0.15, -0.1) is 0 Å². The number of benzene rings is 1. The monoisotopic (exact) mass is 281 g/mol. The average Bonchev–Trinajstić information content (AvgIpc) is 3.15. The second-order valence-electron chi connectivity index (χ2n) is 4.87. The SMILES string of the molecule is CC(Nc1cc(C(=O)O)c(N)cc1F)C(=O)NC1CC1. The number of nitrogen functional groups attached to an aromatic ring is 1. The molecule has 108 valence electrons. The number of anilines is 2. The predicted octanol–water partition coefficient (Wildman–Crippen LogP) is 1.19. The van der Waals surface area contributed by atoms with Crippen molar-refractivity contribution in [2.45, 2.75) is 31.8 Å². The number of amides is 1. The van der Waals surface area contributed by atoms with E-state index >= 15 is 0 Å². The van der Waals surface area contributed by atoms with Gasteiger partial charge in [-0.3, -0.25) is 4.79 Å². The van der Waals surface area contributed by atoms with Crippen LogP contribution in [0.5, 0.6) is 0 Å². The molecular weight excluding hydrogens is 265 g/mol. The molecule has 2 rings (SSSR count). The highest BCUT2D eigenvalue weighted by Gasteiger charge is 2.26. The first kappa shape index (κ1) is 14.1. The van der Waals surface area contributed by atoms with Gasteiger partial charge >= 0.3 is 5.97 Å². The quantitative estimate of drug-likeness (QED) is 0.607. The Morgan fingerprint density at radius 3 is 2.65 bits per heavy atom. The van der Waals surface area contributed by atoms with E-state index in [4.69, 9.17) is 10.8 Å². The molecular formula is C13H16FN3O3. The fourth-order valence-corrected chi connectivity index (χ4v) is 1.74. The predicted molar refractivity (Wildman–Crippen MR) is 72.0 cm³/mol. The van der Waals surface area contributed by atoms with Crippen LogP contribution in [0.15, 0.2) is 12.1 Å². The third-order valence-corrected chi connectivity index (χ3v) is 3.06. The standard InChI is InChI=1S/C13H16FN3O3/c1-6(12(18)17-7-2-3-7)16-11-4-8(13(19)20)10(15)5-9(11)14/h4-7,16H,2-3,15H2,1H3,(H,17,18)(H,19,20). The smallest absolute Gasteiger partial charge is 0.337 e. The van der Waals surface area contributed by atoms with Gasteiger partial charge in [-0.1, -0.05) is 0 Å². The van der Waals surface area contributed by atoms with E-state index in [1.165, 1.54) is 0 Å². The van der Waals surface area contributed by atoms with E-state index in [2.05, 4.69) is 10.6 Å². The third kappa shape index (κ3) is 3.17. The summed E-state index contributed by atoms with van der Waals surface area (Å²) in [5.74, 6) is -2.19. The van der Waals surface area contributed by atoms with Crippen LogP contribution in [-0.2, 0) is 4.79 Å². The molecule has 1 aliphatic rings. The van der Waals surface area contributed by atoms with Crippen LogP contribution in [0.3, 0.4) is 0 Å². The molecule has 1 saturated carbocycles. The van der Waals surface area contributed by atoms with Gasteiger partial charge in [-0.2, -0.15) is 0 Å². The van der Waals surface area contributed by atoms with Crippen LogP contribution < -0.4 is 16.4 Å². The van der Waals surface area contributed by atoms with E-state index in [0.717, 1.165) is 25.0 Å². The van der Waals surface area contributed by atoms with Crippen LogP contribution in [0.25, 0.3) is 0 Å². The molecule has 20 heavy (non-hydrogen) atoms. The first-order valence-electron chi connectivity index (χ1n) is 6.27. The zero-order valence-electron chi connectivity index (χ0n) is 10.9. The Balaban J connectivity index is 2.13. The maximum atomic E-state index is 13.7. The summed E-state index contributed by atoms with van der Waals surface area (Å²) in [5.41, 5.74) is 5.01. The summed E-state index contributed by atoms with van der Waals surface area (Å²) < 4.78 is 13.7. The van der Waals surface area contributed by atoms with Gasteiger partial charge in [0.15, 0.2) is 0 Å². The fraction of sp³-hybridized carbons (Fsp3) is 0.385. The Hall–Kier alpha value is -2.31. The van der Waals surface area contributed by atoms with Gasteiger partial charge < -0.3 is 21.5 Å². The van der Waals surface area contributed by atoms with Crippen molar-refractivity contribution in [2.24, 2.45) is 0 Å². The molecule has 1 amide bonds. The summed E-state index contributed by atoms with van der Waals surface area (Å²) in [7, 11) is 0. The van der Waals surface area contributed by atoms with E-state index < -0.39 is 17.8 Å². The van der Waals surface area contributed by atoms with Crippen molar-refractivity contribution in [3.63, 3.8) is 0 Å². The number of carbonyl (C=O) groups excluding carboxylic acids is 1. The summed E-state index contributed by atoms with van der Waals surface area (Å²) in [6, 6.07) is 1.55. The number of halogens is 1. The lowest BCUT2D eigenvalue weighted by Crippen LogP contribution is -2.38. The van der Waals surface area contributed by atoms with Gasteiger partial charge in [-0.05, 0) is 31.9 Å². The highest BCUT2D eigenvalue weighted by molar-refractivity contribution is 5.95. The summed E-state index contributed by atoms with van der Waals surface area (Å²) in [5, 5.41) is 14.4. The molecule has 7 heteroatoms. The van der Waals surface area contributed by atoms with Crippen LogP contribution in [0, 0.1) is 5.82 Å². The molecule has 0 bridgehead atoms. The minimum Gasteiger partial charge on any atom is -0.478 e. The molecule has 0 spiro atoms. The Kier molecular flexibility index (Phi) is 3.78. The Morgan fingerprint density at radius 1 is 1.45 bits per heavy atom. The number of hydrogen-bond donors (Lipinski definition) is 4. The van der Waals surface area contributed by atoms with Gasteiger partial charge in [0.25, 0.3) is 0 Å². The number of hydrogen-bond acceptors (Lipinski definition) is 4. The van der Waals surface area contributed by atoms with Crippen LogP contribution in [0.1, 0.15) is 30.1 Å². The van der Waals surface area contributed by atoms with Crippen LogP contribution in [0.4, 0.5) is 15.8 Å². The number of nitrogens with two attached hydrogens (primary N) is 1. The number of nitrogens with one attached hydrogen (secondary N) is 2. The zero-order valence-corrected chi connectivity index (χ0v) is 10.9. The Bertz CT molecular complexity index is 558. The summed E-state index contributed by atoms with van der Waals surface area (Å²) in [6.07, 6.45) is 1.91. The normalized spacial score (nSPS) is 15.5. The molecule has 0 aromatic heterocycles. The second-order valence-corrected chi connectivity index (χ2v) is 4.87. The highest BCUT2D eigenvalue weighted by atomic mass is 19.1. The number of carboxylic acid groups (broad SMARTS) is 1. The number of carbonyl (C=O) groups is 2. The summed E-state index contributed by atoms with van der Waals surface area (Å²) in [4.78, 5) is 22.7. The van der Waals surface area contributed by atoms with Gasteiger partial charge in [-0.25, -0.2) is 9.18 Å². The molecule has 5 N–H and O–H groups in total. The lowest BCUT2D eigenvalue weighted by Gasteiger charge is -2.16. The van der Waals surface area contributed by atoms with Crippen molar-refractivity contribution in [3.8, 4) is 0 Å². The molecule has 1 unspecified atom stereocenters. The molecule has 0 aliphatic heterocycles. The number of carboxylic acids is 1. The largest absolute Gasteiger partial charge is 0.478 e. The average molecular weight is 281 g/mol. The van der Waals surface area contributed by atoms with E-state index in [1.807, 2.05) is 0 Å². The second kappa shape index (κ2) is 5.36. The van der Waals surface area contributed by atoms with Crippen molar-refractivity contribution < 1.29 is 19.1 Å². The maximum Gasteiger partial charge on any atom is 0.337 e. The van der Waals surface area contributed by atoms with Crippen molar-refractivity contribution in [1.82, 2.24) is 5.32 Å². The first-order valence-corrected chi connectivity index (χ1v) is 6.27. The molecule has 0 heterocycles. The lowest BCUT2D eigenvalue weighted by atomic mass is 10.1. The topological polar surface area (TPSA) is 104 Å². The molecule has 0 radical (unpaired) electrons. The zero-order chi connectivity index (χ0) is 14.9. The molecule has 1 aliphatic carbocycles. The fourth-order valence-electron chi connectivity index (χ4n) is 1.74. The van der Waals surface area contributed by atoms with Gasteiger partial charge in [0.05, 0.1) is 11.3 Å². The Labute approximate surface area is 115 Å². The minimum absolute atomic E-state index is 0.0601.